The molecule has 2 aromatic carbocycles. The van der Waals surface area contributed by atoms with Crippen LogP contribution in [0.3, 0.4) is 0 Å². The van der Waals surface area contributed by atoms with Crippen molar-refractivity contribution < 1.29 is 4.39 Å². The van der Waals surface area contributed by atoms with Gasteiger partial charge in [0.1, 0.15) is 5.82 Å². The van der Waals surface area contributed by atoms with Crippen molar-refractivity contribution >= 4 is 11.8 Å². The molecule has 88 valence electrons. The van der Waals surface area contributed by atoms with Crippen molar-refractivity contribution in [3.8, 4) is 11.1 Å². The first-order chi connectivity index (χ1) is 8.13. The van der Waals surface area contributed by atoms with E-state index in [0.717, 1.165) is 16.0 Å². The number of benzene rings is 2. The molecule has 0 saturated carbocycles. The summed E-state index contributed by atoms with van der Waals surface area (Å²) in [6.07, 6.45) is 2.03. The normalized spacial score (nSPS) is 10.6. The summed E-state index contributed by atoms with van der Waals surface area (Å²) in [5.41, 5.74) is 3.47. The average molecular weight is 246 g/mol. The summed E-state index contributed by atoms with van der Waals surface area (Å²) >= 11 is 1.67. The summed E-state index contributed by atoms with van der Waals surface area (Å²) < 4.78 is 14.1. The van der Waals surface area contributed by atoms with Gasteiger partial charge in [-0.1, -0.05) is 24.3 Å². The van der Waals surface area contributed by atoms with E-state index in [4.69, 9.17) is 0 Å². The molecular weight excluding hydrogens is 231 g/mol. The van der Waals surface area contributed by atoms with Crippen LogP contribution < -0.4 is 0 Å². The lowest BCUT2D eigenvalue weighted by Gasteiger charge is -2.10. The SMILES string of the molecule is CSc1ccc(C)c(-c2cccc(C)c2F)c1. The van der Waals surface area contributed by atoms with Gasteiger partial charge in [-0.25, -0.2) is 4.39 Å². The predicted octanol–water partition coefficient (Wildman–Crippen LogP) is 4.83. The summed E-state index contributed by atoms with van der Waals surface area (Å²) in [6, 6.07) is 11.7. The Kier molecular flexibility index (Phi) is 3.53. The first kappa shape index (κ1) is 12.2. The third-order valence-corrected chi connectivity index (χ3v) is 3.65. The molecule has 0 atom stereocenters. The molecule has 2 aromatic rings. The van der Waals surface area contributed by atoms with E-state index in [9.17, 15) is 4.39 Å². The smallest absolute Gasteiger partial charge is 0.133 e. The van der Waals surface area contributed by atoms with E-state index in [0.29, 0.717) is 11.1 Å². The van der Waals surface area contributed by atoms with E-state index in [2.05, 4.69) is 12.1 Å². The second kappa shape index (κ2) is 4.92. The van der Waals surface area contributed by atoms with Gasteiger partial charge in [-0.05, 0) is 48.9 Å². The van der Waals surface area contributed by atoms with Gasteiger partial charge in [0.05, 0.1) is 0 Å². The molecule has 0 aliphatic heterocycles. The van der Waals surface area contributed by atoms with Gasteiger partial charge in [-0.15, -0.1) is 11.8 Å². The van der Waals surface area contributed by atoms with Crippen LogP contribution in [0, 0.1) is 19.7 Å². The number of rotatable bonds is 2. The van der Waals surface area contributed by atoms with Gasteiger partial charge in [0.2, 0.25) is 0 Å². The average Bonchev–Trinajstić information content (AvgIpc) is 2.34. The molecule has 0 aromatic heterocycles. The molecule has 0 aliphatic carbocycles. The minimum absolute atomic E-state index is 0.117. The van der Waals surface area contributed by atoms with Crippen LogP contribution >= 0.6 is 11.8 Å². The maximum atomic E-state index is 14.1. The summed E-state index contributed by atoms with van der Waals surface area (Å²) in [7, 11) is 0. The van der Waals surface area contributed by atoms with E-state index in [1.54, 1.807) is 24.8 Å². The van der Waals surface area contributed by atoms with Gasteiger partial charge in [-0.3, -0.25) is 0 Å². The Morgan fingerprint density at radius 1 is 0.941 bits per heavy atom. The first-order valence-corrected chi connectivity index (χ1v) is 6.76. The molecule has 0 N–H and O–H groups in total. The van der Waals surface area contributed by atoms with Crippen molar-refractivity contribution in [1.29, 1.82) is 0 Å². The molecule has 0 bridgehead atoms. The highest BCUT2D eigenvalue weighted by atomic mass is 32.2. The molecular formula is C15H15FS. The van der Waals surface area contributed by atoms with Gasteiger partial charge in [0, 0.05) is 10.5 Å². The van der Waals surface area contributed by atoms with Crippen LogP contribution in [-0.2, 0) is 0 Å². The summed E-state index contributed by atoms with van der Waals surface area (Å²) in [6.45, 7) is 3.81. The molecule has 2 rings (SSSR count). The Hall–Kier alpha value is -1.28. The maximum Gasteiger partial charge on any atom is 0.133 e. The number of thioether (sulfide) groups is 1. The lowest BCUT2D eigenvalue weighted by Crippen LogP contribution is -1.91. The van der Waals surface area contributed by atoms with Gasteiger partial charge in [-0.2, -0.15) is 0 Å². The highest BCUT2D eigenvalue weighted by molar-refractivity contribution is 7.98. The number of aryl methyl sites for hydroxylation is 2. The van der Waals surface area contributed by atoms with Crippen LogP contribution in [0.4, 0.5) is 4.39 Å². The van der Waals surface area contributed by atoms with Crippen molar-refractivity contribution in [2.75, 3.05) is 6.26 Å². The van der Waals surface area contributed by atoms with Crippen molar-refractivity contribution in [3.63, 3.8) is 0 Å². The lowest BCUT2D eigenvalue weighted by molar-refractivity contribution is 0.622. The molecule has 0 heterocycles. The molecule has 2 heteroatoms. The van der Waals surface area contributed by atoms with Crippen LogP contribution in [0.2, 0.25) is 0 Å². The Bertz CT molecular complexity index is 547. The van der Waals surface area contributed by atoms with E-state index in [1.807, 2.05) is 31.4 Å². The van der Waals surface area contributed by atoms with Gasteiger partial charge in [0.15, 0.2) is 0 Å². The summed E-state index contributed by atoms with van der Waals surface area (Å²) in [5.74, 6) is -0.117. The van der Waals surface area contributed by atoms with E-state index < -0.39 is 0 Å². The minimum atomic E-state index is -0.117. The van der Waals surface area contributed by atoms with Gasteiger partial charge < -0.3 is 0 Å². The fourth-order valence-electron chi connectivity index (χ4n) is 1.87. The van der Waals surface area contributed by atoms with Crippen molar-refractivity contribution in [3.05, 3.63) is 53.3 Å². The van der Waals surface area contributed by atoms with Gasteiger partial charge >= 0.3 is 0 Å². The second-order valence-electron chi connectivity index (χ2n) is 4.12. The Morgan fingerprint density at radius 2 is 1.71 bits per heavy atom. The molecule has 0 spiro atoms. The van der Waals surface area contributed by atoms with E-state index in [-0.39, 0.29) is 5.82 Å². The van der Waals surface area contributed by atoms with E-state index in [1.165, 1.54) is 0 Å². The molecule has 0 unspecified atom stereocenters. The molecule has 17 heavy (non-hydrogen) atoms. The Balaban J connectivity index is 2.63. The van der Waals surface area contributed by atoms with Crippen molar-refractivity contribution in [2.45, 2.75) is 18.7 Å². The van der Waals surface area contributed by atoms with Crippen LogP contribution in [0.25, 0.3) is 11.1 Å². The standard InChI is InChI=1S/C15H15FS/c1-10-7-8-12(17-3)9-14(10)13-6-4-5-11(2)15(13)16/h4-9H,1-3H3. The molecule has 0 aliphatic rings. The molecule has 0 amide bonds. The second-order valence-corrected chi connectivity index (χ2v) is 5.00. The maximum absolute atomic E-state index is 14.1. The van der Waals surface area contributed by atoms with Crippen molar-refractivity contribution in [1.82, 2.24) is 0 Å². The van der Waals surface area contributed by atoms with Crippen molar-refractivity contribution in [2.24, 2.45) is 0 Å². The number of hydrogen-bond donors (Lipinski definition) is 0. The lowest BCUT2D eigenvalue weighted by atomic mass is 9.98. The van der Waals surface area contributed by atoms with E-state index >= 15 is 0 Å². The molecule has 0 nitrogen and oxygen atoms in total. The zero-order chi connectivity index (χ0) is 12.4. The molecule has 0 fully saturated rings. The quantitative estimate of drug-likeness (QED) is 0.684. The van der Waals surface area contributed by atoms with Crippen LogP contribution in [-0.4, -0.2) is 6.26 Å². The summed E-state index contributed by atoms with van der Waals surface area (Å²) in [5, 5.41) is 0. The zero-order valence-electron chi connectivity index (χ0n) is 10.3. The molecule has 0 radical (unpaired) electrons. The minimum Gasteiger partial charge on any atom is -0.206 e. The third kappa shape index (κ3) is 2.37. The number of halogens is 1. The molecule has 0 saturated heterocycles. The third-order valence-electron chi connectivity index (χ3n) is 2.93. The summed E-state index contributed by atoms with van der Waals surface area (Å²) in [4.78, 5) is 1.16. The number of hydrogen-bond acceptors (Lipinski definition) is 1. The topological polar surface area (TPSA) is 0 Å². The van der Waals surface area contributed by atoms with Crippen LogP contribution in [0.1, 0.15) is 11.1 Å². The highest BCUT2D eigenvalue weighted by Gasteiger charge is 2.09. The zero-order valence-corrected chi connectivity index (χ0v) is 11.1. The predicted molar refractivity (Wildman–Crippen MR) is 73.1 cm³/mol. The first-order valence-electron chi connectivity index (χ1n) is 5.53. The fraction of sp³-hybridized carbons (Fsp3) is 0.200. The monoisotopic (exact) mass is 246 g/mol. The largest absolute Gasteiger partial charge is 0.206 e. The Labute approximate surface area is 106 Å². The Morgan fingerprint density at radius 3 is 2.41 bits per heavy atom. The highest BCUT2D eigenvalue weighted by Crippen LogP contribution is 2.30. The van der Waals surface area contributed by atoms with Gasteiger partial charge in [0.25, 0.3) is 0 Å². The fourth-order valence-corrected chi connectivity index (χ4v) is 2.31. The van der Waals surface area contributed by atoms with Crippen LogP contribution in [0.15, 0.2) is 41.3 Å². The van der Waals surface area contributed by atoms with Crippen LogP contribution in [0.5, 0.6) is 0 Å².